The minimum atomic E-state index is 1.14. The highest BCUT2D eigenvalue weighted by molar-refractivity contribution is 6.21. The summed E-state index contributed by atoms with van der Waals surface area (Å²) in [5.41, 5.74) is 31.1. The zero-order valence-electron chi connectivity index (χ0n) is 62.1. The van der Waals surface area contributed by atoms with Gasteiger partial charge in [0.15, 0.2) is 0 Å². The Morgan fingerprint density at radius 3 is 0.596 bits per heavy atom. The molecule has 114 heavy (non-hydrogen) atoms. The van der Waals surface area contributed by atoms with Crippen molar-refractivity contribution in [1.29, 1.82) is 0 Å². The van der Waals surface area contributed by atoms with Gasteiger partial charge in [-0.15, -0.1) is 0 Å². The fraction of sp³-hybridized carbons (Fsp3) is 0. The van der Waals surface area contributed by atoms with Crippen molar-refractivity contribution in [2.24, 2.45) is 0 Å². The van der Waals surface area contributed by atoms with Crippen molar-refractivity contribution < 1.29 is 0 Å². The van der Waals surface area contributed by atoms with Gasteiger partial charge in [0.1, 0.15) is 0 Å². The molecule has 0 radical (unpaired) electrons. The van der Waals surface area contributed by atoms with Crippen LogP contribution in [0.3, 0.4) is 0 Å². The predicted octanol–water partition coefficient (Wildman–Crippen LogP) is 28.6. The molecule has 0 aliphatic heterocycles. The average Bonchev–Trinajstić information content (AvgIpc) is 1.56. The summed E-state index contributed by atoms with van der Waals surface area (Å²) in [4.78, 5) is 0. The van der Waals surface area contributed by atoms with Crippen LogP contribution >= 0.6 is 0 Å². The molecule has 0 fully saturated rings. The molecule has 6 aromatic heterocycles. The van der Waals surface area contributed by atoms with Crippen molar-refractivity contribution in [2.75, 3.05) is 0 Å². The molecule has 6 nitrogen and oxygen atoms in total. The van der Waals surface area contributed by atoms with E-state index in [1.54, 1.807) is 0 Å². The lowest BCUT2D eigenvalue weighted by Crippen LogP contribution is -1.95. The van der Waals surface area contributed by atoms with E-state index in [1.807, 2.05) is 0 Å². The molecule has 0 N–H and O–H groups in total. The third-order valence-corrected chi connectivity index (χ3v) is 23.7. The van der Waals surface area contributed by atoms with Crippen LogP contribution in [-0.2, 0) is 0 Å². The molecule has 0 aliphatic rings. The topological polar surface area (TPSA) is 29.6 Å². The van der Waals surface area contributed by atoms with Crippen LogP contribution in [0.4, 0.5) is 0 Å². The van der Waals surface area contributed by atoms with Gasteiger partial charge >= 0.3 is 0 Å². The zero-order chi connectivity index (χ0) is 74.9. The minimum Gasteiger partial charge on any atom is -0.309 e. The number of aromatic nitrogens is 6. The molecule has 532 valence electrons. The van der Waals surface area contributed by atoms with Gasteiger partial charge in [-0.3, -0.25) is 0 Å². The molecule has 0 atom stereocenters. The largest absolute Gasteiger partial charge is 0.309 e. The van der Waals surface area contributed by atoms with Crippen molar-refractivity contribution >= 4 is 131 Å². The number of hydrogen-bond donors (Lipinski definition) is 0. The van der Waals surface area contributed by atoms with E-state index in [0.717, 1.165) is 22.7 Å². The van der Waals surface area contributed by atoms with Gasteiger partial charge < -0.3 is 27.4 Å². The van der Waals surface area contributed by atoms with Crippen LogP contribution in [0.25, 0.3) is 209 Å². The highest BCUT2D eigenvalue weighted by Crippen LogP contribution is 2.45. The van der Waals surface area contributed by atoms with Gasteiger partial charge in [0, 0.05) is 98.8 Å². The van der Waals surface area contributed by atoms with Crippen LogP contribution in [0.1, 0.15) is 0 Å². The Kier molecular flexibility index (Phi) is 14.9. The van der Waals surface area contributed by atoms with Crippen LogP contribution in [-0.4, -0.2) is 27.4 Å². The zero-order valence-corrected chi connectivity index (χ0v) is 62.1. The normalized spacial score (nSPS) is 11.9. The van der Waals surface area contributed by atoms with E-state index < -0.39 is 0 Å². The molecule has 0 spiro atoms. The van der Waals surface area contributed by atoms with Gasteiger partial charge in [0.2, 0.25) is 0 Å². The Labute approximate surface area is 657 Å². The molecule has 24 rings (SSSR count). The fourth-order valence-electron chi connectivity index (χ4n) is 18.5. The van der Waals surface area contributed by atoms with Crippen molar-refractivity contribution in [2.45, 2.75) is 0 Å². The first-order valence-electron chi connectivity index (χ1n) is 39.2. The fourth-order valence-corrected chi connectivity index (χ4v) is 18.5. The number of hydrogen-bond acceptors (Lipinski definition) is 0. The van der Waals surface area contributed by atoms with Crippen LogP contribution < -0.4 is 0 Å². The highest BCUT2D eigenvalue weighted by Gasteiger charge is 2.23. The summed E-state index contributed by atoms with van der Waals surface area (Å²) in [6, 6.07) is 155. The number of benzene rings is 18. The first-order valence-corrected chi connectivity index (χ1v) is 39.2. The molecule has 0 saturated heterocycles. The van der Waals surface area contributed by atoms with Crippen molar-refractivity contribution in [1.82, 2.24) is 27.4 Å². The van der Waals surface area contributed by atoms with E-state index in [4.69, 9.17) is 0 Å². The Morgan fingerprint density at radius 2 is 0.281 bits per heavy atom. The van der Waals surface area contributed by atoms with Gasteiger partial charge in [-0.05, 0) is 196 Å². The van der Waals surface area contributed by atoms with E-state index in [-0.39, 0.29) is 0 Å². The Balaban J connectivity index is 0.000000135. The number of para-hydroxylation sites is 8. The molecule has 24 aromatic rings. The van der Waals surface area contributed by atoms with Gasteiger partial charge in [0.05, 0.1) is 66.2 Å². The quantitative estimate of drug-likeness (QED) is 0.131. The van der Waals surface area contributed by atoms with Gasteiger partial charge in [-0.2, -0.15) is 0 Å². The second-order valence-electron chi connectivity index (χ2n) is 29.9. The maximum Gasteiger partial charge on any atom is 0.0548 e. The standard InChI is InChI=1S/2C54H35N3/c1-3-13-36(14-4-1)37-23-28-41(29-24-37)56-50-21-11-8-18-44(50)47-35-54-48(34-53(47)56)45-19-9-12-22-51(45)57(54)42-30-25-38(26-31-42)39-27-32-52-46(33-39)43-17-7-10-20-49(43)55(52)40-15-5-2-6-16-40;1-3-13-36(14-4-1)37-23-28-41(29-24-37)56-50-21-11-8-18-44(50)47-35-54-48(34-53(47)56)45-19-9-12-22-51(45)57(54)42-30-25-38(26-31-42)39-27-32-46-43-17-7-10-20-49(43)55(52(46)33-39)40-15-5-2-6-16-40/h2*1-35H. The Hall–Kier alpha value is -15.2. The molecule has 0 amide bonds. The van der Waals surface area contributed by atoms with Crippen molar-refractivity contribution in [3.8, 4) is 78.6 Å². The number of rotatable bonds is 10. The Morgan fingerprint density at radius 1 is 0.0965 bits per heavy atom. The van der Waals surface area contributed by atoms with Crippen molar-refractivity contribution in [3.05, 3.63) is 425 Å². The molecule has 6 heterocycles. The Bertz CT molecular complexity index is 7890. The van der Waals surface area contributed by atoms with Crippen LogP contribution in [0.5, 0.6) is 0 Å². The molecular weight excluding hydrogens is 1380 g/mol. The summed E-state index contributed by atoms with van der Waals surface area (Å²) < 4.78 is 14.5. The lowest BCUT2D eigenvalue weighted by Gasteiger charge is -2.11. The number of nitrogens with zero attached hydrogens (tertiary/aromatic N) is 6. The number of fused-ring (bicyclic) bond motifs is 18. The lowest BCUT2D eigenvalue weighted by atomic mass is 10.0. The van der Waals surface area contributed by atoms with E-state index in [9.17, 15) is 0 Å². The van der Waals surface area contributed by atoms with Crippen LogP contribution in [0, 0.1) is 0 Å². The van der Waals surface area contributed by atoms with Crippen LogP contribution in [0.15, 0.2) is 425 Å². The second kappa shape index (κ2) is 26.2. The van der Waals surface area contributed by atoms with E-state index in [2.05, 4.69) is 452 Å². The molecule has 0 bridgehead atoms. The molecule has 6 heteroatoms. The molecule has 0 aliphatic carbocycles. The first-order chi connectivity index (χ1) is 56.6. The molecule has 0 saturated carbocycles. The second-order valence-corrected chi connectivity index (χ2v) is 29.9. The van der Waals surface area contributed by atoms with Gasteiger partial charge in [-0.1, -0.05) is 273 Å². The third kappa shape index (κ3) is 10.4. The lowest BCUT2D eigenvalue weighted by molar-refractivity contribution is 1.17. The summed E-state index contributed by atoms with van der Waals surface area (Å²) in [6.45, 7) is 0. The highest BCUT2D eigenvalue weighted by atomic mass is 15.0. The third-order valence-electron chi connectivity index (χ3n) is 23.7. The summed E-state index contributed by atoms with van der Waals surface area (Å²) >= 11 is 0. The molecule has 18 aromatic carbocycles. The smallest absolute Gasteiger partial charge is 0.0548 e. The molecular formula is C108H70N6. The monoisotopic (exact) mass is 1450 g/mol. The van der Waals surface area contributed by atoms with Gasteiger partial charge in [-0.25, -0.2) is 0 Å². The van der Waals surface area contributed by atoms with E-state index >= 15 is 0 Å². The average molecular weight is 1450 g/mol. The predicted molar refractivity (Wildman–Crippen MR) is 481 cm³/mol. The maximum absolute atomic E-state index is 2.44. The maximum atomic E-state index is 2.44. The first kappa shape index (κ1) is 64.7. The van der Waals surface area contributed by atoms with E-state index in [1.165, 1.54) is 187 Å². The summed E-state index contributed by atoms with van der Waals surface area (Å²) in [7, 11) is 0. The van der Waals surface area contributed by atoms with Crippen LogP contribution in [0.2, 0.25) is 0 Å². The minimum absolute atomic E-state index is 1.14. The summed E-state index contributed by atoms with van der Waals surface area (Å²) in [6.07, 6.45) is 0. The van der Waals surface area contributed by atoms with Crippen molar-refractivity contribution in [3.63, 3.8) is 0 Å². The SMILES string of the molecule is c1ccc(-c2ccc(-n3c4ccccc4c4cc5c(cc43)c3ccccc3n5-c3ccc(-c4ccc5c(c4)c4ccccc4n5-c4ccccc4)cc3)cc2)cc1.c1ccc(-c2ccc(-n3c4ccccc4c4cc5c(cc43)c3ccccc3n5-c3ccc(-c4ccc5c6ccccc6n(-c6ccccc6)c5c4)cc3)cc2)cc1. The summed E-state index contributed by atoms with van der Waals surface area (Å²) in [5, 5.41) is 15.0. The summed E-state index contributed by atoms with van der Waals surface area (Å²) in [5.74, 6) is 0. The van der Waals surface area contributed by atoms with Gasteiger partial charge in [0.25, 0.3) is 0 Å². The van der Waals surface area contributed by atoms with E-state index in [0.29, 0.717) is 0 Å². The molecule has 0 unspecified atom stereocenters.